The Labute approximate surface area is 203 Å². The van der Waals surface area contributed by atoms with Crippen molar-refractivity contribution >= 4 is 40.9 Å². The number of hydrogen-bond donors (Lipinski definition) is 1. The molecule has 0 fully saturated rings. The Kier molecular flexibility index (Phi) is 6.75. The summed E-state index contributed by atoms with van der Waals surface area (Å²) in [6, 6.07) is 21.9. The molecular formula is C27H26N2O4S. The van der Waals surface area contributed by atoms with Crippen LogP contribution in [-0.2, 0) is 9.53 Å². The number of benzene rings is 3. The molecule has 0 unspecified atom stereocenters. The molecule has 0 bridgehead atoms. The topological polar surface area (TPSA) is 75.7 Å². The van der Waals surface area contributed by atoms with Crippen LogP contribution in [0.1, 0.15) is 47.9 Å². The zero-order valence-corrected chi connectivity index (χ0v) is 20.1. The van der Waals surface area contributed by atoms with Crippen molar-refractivity contribution in [3.8, 4) is 0 Å². The first-order valence-corrected chi connectivity index (χ1v) is 11.8. The summed E-state index contributed by atoms with van der Waals surface area (Å²) >= 11 is 1.64. The molecule has 3 aromatic rings. The van der Waals surface area contributed by atoms with Gasteiger partial charge in [0, 0.05) is 28.3 Å². The summed E-state index contributed by atoms with van der Waals surface area (Å²) in [5.74, 6) is -0.843. The summed E-state index contributed by atoms with van der Waals surface area (Å²) in [5.41, 5.74) is 1.89. The quantitative estimate of drug-likeness (QED) is 0.488. The van der Waals surface area contributed by atoms with E-state index >= 15 is 0 Å². The average molecular weight is 475 g/mol. The number of carbonyl (C=O) groups is 3. The van der Waals surface area contributed by atoms with E-state index in [9.17, 15) is 14.4 Å². The highest BCUT2D eigenvalue weighted by molar-refractivity contribution is 7.99. The Morgan fingerprint density at radius 2 is 1.35 bits per heavy atom. The van der Waals surface area contributed by atoms with Crippen LogP contribution in [0.2, 0.25) is 0 Å². The third kappa shape index (κ3) is 5.31. The smallest absolute Gasteiger partial charge is 0.338 e. The molecule has 1 aliphatic rings. The molecule has 174 valence electrons. The second-order valence-electron chi connectivity index (χ2n) is 8.85. The van der Waals surface area contributed by atoms with Crippen LogP contribution in [0.15, 0.2) is 82.6 Å². The summed E-state index contributed by atoms with van der Waals surface area (Å²) in [4.78, 5) is 41.7. The lowest BCUT2D eigenvalue weighted by Gasteiger charge is -2.31. The summed E-state index contributed by atoms with van der Waals surface area (Å²) in [6.45, 7) is 5.59. The van der Waals surface area contributed by atoms with Gasteiger partial charge in [0.15, 0.2) is 0 Å². The van der Waals surface area contributed by atoms with Gasteiger partial charge in [0.05, 0.1) is 16.9 Å². The van der Waals surface area contributed by atoms with Gasteiger partial charge in [-0.05, 0) is 69.3 Å². The molecule has 7 heteroatoms. The number of anilines is 2. The lowest BCUT2D eigenvalue weighted by molar-refractivity contribution is -0.117. The van der Waals surface area contributed by atoms with Gasteiger partial charge < -0.3 is 10.1 Å². The van der Waals surface area contributed by atoms with Crippen molar-refractivity contribution in [3.63, 3.8) is 0 Å². The van der Waals surface area contributed by atoms with E-state index in [-0.39, 0.29) is 24.8 Å². The second-order valence-corrected chi connectivity index (χ2v) is 9.94. The molecule has 1 N–H and O–H groups in total. The van der Waals surface area contributed by atoms with E-state index in [0.717, 1.165) is 21.2 Å². The van der Waals surface area contributed by atoms with Crippen LogP contribution >= 0.6 is 11.8 Å². The Morgan fingerprint density at radius 3 is 1.91 bits per heavy atom. The number of amides is 2. The molecule has 1 aliphatic heterocycles. The maximum Gasteiger partial charge on any atom is 0.338 e. The number of rotatable bonds is 5. The number of nitrogens with zero attached hydrogens (tertiary/aromatic N) is 1. The molecule has 0 aromatic heterocycles. The van der Waals surface area contributed by atoms with Gasteiger partial charge in [0.25, 0.3) is 5.91 Å². The molecule has 0 atom stereocenters. The van der Waals surface area contributed by atoms with Gasteiger partial charge in [-0.2, -0.15) is 0 Å². The number of carbonyl (C=O) groups excluding carboxylic acids is 3. The molecular weight excluding hydrogens is 448 g/mol. The average Bonchev–Trinajstić information content (AvgIpc) is 2.81. The van der Waals surface area contributed by atoms with Gasteiger partial charge in [-0.1, -0.05) is 36.0 Å². The van der Waals surface area contributed by atoms with Gasteiger partial charge >= 0.3 is 5.97 Å². The first kappa shape index (κ1) is 23.6. The molecule has 3 aromatic carbocycles. The van der Waals surface area contributed by atoms with E-state index in [1.54, 1.807) is 61.7 Å². The minimum atomic E-state index is -0.590. The van der Waals surface area contributed by atoms with Crippen molar-refractivity contribution in [1.82, 2.24) is 5.32 Å². The van der Waals surface area contributed by atoms with Crippen LogP contribution in [0.25, 0.3) is 0 Å². The Bertz CT molecular complexity index is 1190. The van der Waals surface area contributed by atoms with Crippen molar-refractivity contribution in [2.24, 2.45) is 0 Å². The molecule has 4 rings (SSSR count). The zero-order valence-electron chi connectivity index (χ0n) is 19.3. The van der Waals surface area contributed by atoms with E-state index in [1.165, 1.54) is 0 Å². The Balaban J connectivity index is 1.38. The van der Waals surface area contributed by atoms with E-state index in [2.05, 4.69) is 5.32 Å². The molecule has 0 aliphatic carbocycles. The van der Waals surface area contributed by atoms with E-state index < -0.39 is 11.6 Å². The molecule has 6 nitrogen and oxygen atoms in total. The van der Waals surface area contributed by atoms with Crippen LogP contribution in [-0.4, -0.2) is 29.9 Å². The van der Waals surface area contributed by atoms with Crippen molar-refractivity contribution < 1.29 is 19.1 Å². The highest BCUT2D eigenvalue weighted by atomic mass is 32.2. The predicted octanol–water partition coefficient (Wildman–Crippen LogP) is 5.59. The second kappa shape index (κ2) is 9.73. The third-order valence-electron chi connectivity index (χ3n) is 5.09. The number of ether oxygens (including phenoxy) is 1. The standard InChI is InChI=1S/C27H26N2O4S/c1-27(2,3)33-26(32)19-14-12-18(13-15-19)25(31)28-17-16-24(30)29-20-8-4-6-10-22(20)34-23-11-7-5-9-21(23)29/h4-15H,16-17H2,1-3H3,(H,28,31). The molecule has 0 spiro atoms. The third-order valence-corrected chi connectivity index (χ3v) is 6.22. The Morgan fingerprint density at radius 1 is 0.824 bits per heavy atom. The van der Waals surface area contributed by atoms with E-state index in [4.69, 9.17) is 4.74 Å². The van der Waals surface area contributed by atoms with E-state index in [0.29, 0.717) is 11.1 Å². The molecule has 34 heavy (non-hydrogen) atoms. The van der Waals surface area contributed by atoms with Crippen LogP contribution in [0.5, 0.6) is 0 Å². The first-order chi connectivity index (χ1) is 16.2. The lowest BCUT2D eigenvalue weighted by Crippen LogP contribution is -2.33. The maximum atomic E-state index is 13.2. The van der Waals surface area contributed by atoms with Crippen molar-refractivity contribution in [3.05, 3.63) is 83.9 Å². The summed E-state index contributed by atoms with van der Waals surface area (Å²) in [6.07, 6.45) is 0.148. The fourth-order valence-corrected chi connectivity index (χ4v) is 4.62. The monoisotopic (exact) mass is 474 g/mol. The molecule has 2 amide bonds. The molecule has 1 heterocycles. The zero-order chi connectivity index (χ0) is 24.3. The van der Waals surface area contributed by atoms with Crippen molar-refractivity contribution in [2.75, 3.05) is 11.4 Å². The van der Waals surface area contributed by atoms with Crippen LogP contribution in [0.4, 0.5) is 11.4 Å². The SMILES string of the molecule is CC(C)(C)OC(=O)c1ccc(C(=O)NCCC(=O)N2c3ccccc3Sc3ccccc32)cc1. The maximum absolute atomic E-state index is 13.2. The normalized spacial score (nSPS) is 12.4. The summed E-state index contributed by atoms with van der Waals surface area (Å²) < 4.78 is 5.34. The van der Waals surface area contributed by atoms with Gasteiger partial charge in [-0.15, -0.1) is 0 Å². The summed E-state index contributed by atoms with van der Waals surface area (Å²) in [5, 5.41) is 2.80. The lowest BCUT2D eigenvalue weighted by atomic mass is 10.1. The highest BCUT2D eigenvalue weighted by Crippen LogP contribution is 2.47. The van der Waals surface area contributed by atoms with Crippen molar-refractivity contribution in [1.29, 1.82) is 0 Å². The predicted molar refractivity (Wildman–Crippen MR) is 133 cm³/mol. The van der Waals surface area contributed by atoms with E-state index in [1.807, 2.05) is 48.5 Å². The largest absolute Gasteiger partial charge is 0.456 e. The van der Waals surface area contributed by atoms with Gasteiger partial charge in [0.2, 0.25) is 5.91 Å². The number of esters is 1. The van der Waals surface area contributed by atoms with Crippen LogP contribution in [0.3, 0.4) is 0 Å². The fourth-order valence-electron chi connectivity index (χ4n) is 3.56. The summed E-state index contributed by atoms with van der Waals surface area (Å²) in [7, 11) is 0. The minimum absolute atomic E-state index is 0.0965. The fraction of sp³-hybridized carbons (Fsp3) is 0.222. The Hall–Kier alpha value is -3.58. The number of nitrogens with one attached hydrogen (secondary N) is 1. The molecule has 0 radical (unpaired) electrons. The molecule has 0 saturated carbocycles. The molecule has 0 saturated heterocycles. The number of para-hydroxylation sites is 2. The minimum Gasteiger partial charge on any atom is -0.456 e. The van der Waals surface area contributed by atoms with Crippen molar-refractivity contribution in [2.45, 2.75) is 42.6 Å². The number of fused-ring (bicyclic) bond motifs is 2. The van der Waals surface area contributed by atoms with Gasteiger partial charge in [-0.25, -0.2) is 4.79 Å². The van der Waals surface area contributed by atoms with Gasteiger partial charge in [-0.3, -0.25) is 14.5 Å². The van der Waals surface area contributed by atoms with Crippen LogP contribution < -0.4 is 10.2 Å². The van der Waals surface area contributed by atoms with Crippen LogP contribution in [0, 0.1) is 0 Å². The first-order valence-electron chi connectivity index (χ1n) is 11.0. The van der Waals surface area contributed by atoms with Gasteiger partial charge in [0.1, 0.15) is 5.60 Å². The highest BCUT2D eigenvalue weighted by Gasteiger charge is 2.27. The number of hydrogen-bond acceptors (Lipinski definition) is 5.